The molecule has 3 atom stereocenters. The van der Waals surface area contributed by atoms with E-state index >= 15 is 0 Å². The zero-order valence-electron chi connectivity index (χ0n) is 21.4. The van der Waals surface area contributed by atoms with E-state index in [0.29, 0.717) is 29.8 Å². The monoisotopic (exact) mass is 497 g/mol. The summed E-state index contributed by atoms with van der Waals surface area (Å²) >= 11 is 5.99. The van der Waals surface area contributed by atoms with Crippen molar-refractivity contribution in [1.82, 2.24) is 14.7 Å². The Hall–Kier alpha value is -2.57. The minimum absolute atomic E-state index is 0.0726. The molecular formula is C28H36ClN3O3. The largest absolute Gasteiger partial charge is 0.493 e. The van der Waals surface area contributed by atoms with Gasteiger partial charge in [-0.05, 0) is 80.6 Å². The molecule has 0 radical (unpaired) electrons. The zero-order valence-corrected chi connectivity index (χ0v) is 22.1. The van der Waals surface area contributed by atoms with Gasteiger partial charge in [-0.3, -0.25) is 14.5 Å². The molecule has 188 valence electrons. The van der Waals surface area contributed by atoms with Gasteiger partial charge in [0.1, 0.15) is 5.75 Å². The molecule has 2 aliphatic rings. The van der Waals surface area contributed by atoms with Crippen molar-refractivity contribution >= 4 is 23.4 Å². The van der Waals surface area contributed by atoms with Crippen molar-refractivity contribution in [2.45, 2.75) is 58.7 Å². The predicted molar refractivity (Wildman–Crippen MR) is 139 cm³/mol. The Kier molecular flexibility index (Phi) is 7.72. The molecule has 0 aromatic heterocycles. The molecule has 6 nitrogen and oxygen atoms in total. The topological polar surface area (TPSA) is 53.1 Å². The van der Waals surface area contributed by atoms with E-state index in [0.717, 1.165) is 37.2 Å². The van der Waals surface area contributed by atoms with Crippen LogP contribution in [-0.2, 0) is 4.79 Å². The summed E-state index contributed by atoms with van der Waals surface area (Å²) in [5, 5.41) is 0.646. The van der Waals surface area contributed by atoms with Gasteiger partial charge >= 0.3 is 0 Å². The molecule has 2 fully saturated rings. The summed E-state index contributed by atoms with van der Waals surface area (Å²) in [5.41, 5.74) is 4.44. The van der Waals surface area contributed by atoms with Gasteiger partial charge in [0.25, 0.3) is 5.91 Å². The maximum Gasteiger partial charge on any atom is 0.254 e. The standard InChI is InChI=1S/C28H36ClN3O3/c1-18-19(2)27(35-14-6-13-30(5)21(4)33)12-11-26(18)20(3)31-16-25-15-24(31)17-32(25)28(34)22-7-9-23(29)10-8-22/h7-12,20,24-25H,6,13-17H2,1-5H3/t20?,24-,25-/m0/s1. The van der Waals surface area contributed by atoms with Crippen molar-refractivity contribution in [2.75, 3.05) is 33.3 Å². The third-order valence-corrected chi connectivity index (χ3v) is 8.05. The lowest BCUT2D eigenvalue weighted by atomic mass is 9.96. The van der Waals surface area contributed by atoms with Gasteiger partial charge < -0.3 is 14.5 Å². The molecule has 2 amide bonds. The molecule has 2 saturated heterocycles. The second kappa shape index (κ2) is 10.6. The van der Waals surface area contributed by atoms with Crippen LogP contribution in [0.2, 0.25) is 5.02 Å². The Labute approximate surface area is 213 Å². The Morgan fingerprint density at radius 2 is 1.80 bits per heavy atom. The molecule has 35 heavy (non-hydrogen) atoms. The summed E-state index contributed by atoms with van der Waals surface area (Å²) in [6.07, 6.45) is 1.83. The molecule has 1 unspecified atom stereocenters. The van der Waals surface area contributed by atoms with Crippen LogP contribution in [0.4, 0.5) is 0 Å². The van der Waals surface area contributed by atoms with Gasteiger partial charge in [-0.1, -0.05) is 17.7 Å². The number of rotatable bonds is 8. The fraction of sp³-hybridized carbons (Fsp3) is 0.500. The van der Waals surface area contributed by atoms with Crippen LogP contribution in [0.3, 0.4) is 0 Å². The number of hydrogen-bond donors (Lipinski definition) is 0. The van der Waals surface area contributed by atoms with Crippen molar-refractivity contribution in [3.05, 3.63) is 63.7 Å². The molecule has 0 saturated carbocycles. The summed E-state index contributed by atoms with van der Waals surface area (Å²) in [6, 6.07) is 12.3. The van der Waals surface area contributed by atoms with Crippen LogP contribution in [-0.4, -0.2) is 71.9 Å². The molecule has 4 rings (SSSR count). The van der Waals surface area contributed by atoms with Crippen LogP contribution < -0.4 is 4.74 Å². The van der Waals surface area contributed by atoms with Crippen LogP contribution >= 0.6 is 11.6 Å². The van der Waals surface area contributed by atoms with E-state index in [2.05, 4.69) is 37.8 Å². The Morgan fingerprint density at radius 1 is 1.09 bits per heavy atom. The molecule has 2 heterocycles. The number of ether oxygens (including phenoxy) is 1. The first-order chi connectivity index (χ1) is 16.7. The van der Waals surface area contributed by atoms with Crippen LogP contribution in [0.5, 0.6) is 5.75 Å². The fourth-order valence-corrected chi connectivity index (χ4v) is 5.55. The molecule has 2 aromatic carbocycles. The summed E-state index contributed by atoms with van der Waals surface area (Å²) < 4.78 is 6.04. The van der Waals surface area contributed by atoms with E-state index in [1.54, 1.807) is 24.0 Å². The van der Waals surface area contributed by atoms with Crippen molar-refractivity contribution in [1.29, 1.82) is 0 Å². The van der Waals surface area contributed by atoms with Crippen molar-refractivity contribution in [2.24, 2.45) is 0 Å². The highest BCUT2D eigenvalue weighted by Crippen LogP contribution is 2.39. The lowest BCUT2D eigenvalue weighted by Crippen LogP contribution is -2.49. The number of nitrogens with zero attached hydrogens (tertiary/aromatic N) is 3. The first-order valence-corrected chi connectivity index (χ1v) is 12.8. The third-order valence-electron chi connectivity index (χ3n) is 7.79. The number of hydrogen-bond acceptors (Lipinski definition) is 4. The number of benzene rings is 2. The smallest absolute Gasteiger partial charge is 0.254 e. The van der Waals surface area contributed by atoms with Crippen molar-refractivity contribution < 1.29 is 14.3 Å². The van der Waals surface area contributed by atoms with Gasteiger partial charge in [0.2, 0.25) is 5.91 Å². The van der Waals surface area contributed by atoms with E-state index in [1.807, 2.05) is 24.1 Å². The SMILES string of the molecule is CC(=O)N(C)CCCOc1ccc(C(C)N2C[C@@H]3C[C@H]2CN3C(=O)c2ccc(Cl)cc2)c(C)c1C. The normalized spacial score (nSPS) is 20.2. The van der Waals surface area contributed by atoms with Crippen molar-refractivity contribution in [3.8, 4) is 5.75 Å². The second-order valence-corrected chi connectivity index (χ2v) is 10.4. The molecule has 2 bridgehead atoms. The Morgan fingerprint density at radius 3 is 2.43 bits per heavy atom. The minimum atomic E-state index is 0.0726. The Balaban J connectivity index is 1.37. The van der Waals surface area contributed by atoms with Gasteiger partial charge in [0.15, 0.2) is 0 Å². The van der Waals surface area contributed by atoms with Gasteiger partial charge in [-0.15, -0.1) is 0 Å². The number of amides is 2. The number of halogens is 1. The van der Waals surface area contributed by atoms with E-state index in [1.165, 1.54) is 11.1 Å². The Bertz CT molecular complexity index is 1090. The van der Waals surface area contributed by atoms with Gasteiger partial charge in [0.05, 0.1) is 6.61 Å². The number of carbonyl (C=O) groups excluding carboxylic acids is 2. The first kappa shape index (κ1) is 25.5. The highest BCUT2D eigenvalue weighted by Gasteiger charge is 2.47. The molecule has 7 heteroatoms. The summed E-state index contributed by atoms with van der Waals surface area (Å²) in [4.78, 5) is 30.7. The summed E-state index contributed by atoms with van der Waals surface area (Å²) in [6.45, 7) is 11.1. The summed E-state index contributed by atoms with van der Waals surface area (Å²) in [7, 11) is 1.81. The van der Waals surface area contributed by atoms with E-state index in [-0.39, 0.29) is 23.9 Å². The van der Waals surface area contributed by atoms with Crippen LogP contribution in [0.1, 0.15) is 59.8 Å². The molecule has 0 N–H and O–H groups in total. The molecule has 0 aliphatic carbocycles. The maximum absolute atomic E-state index is 13.0. The van der Waals surface area contributed by atoms with Gasteiger partial charge in [-0.2, -0.15) is 0 Å². The first-order valence-electron chi connectivity index (χ1n) is 12.4. The summed E-state index contributed by atoms with van der Waals surface area (Å²) in [5.74, 6) is 1.08. The van der Waals surface area contributed by atoms with Gasteiger partial charge in [-0.25, -0.2) is 0 Å². The number of piperazine rings is 1. The van der Waals surface area contributed by atoms with Gasteiger partial charge in [0, 0.05) is 62.3 Å². The molecule has 0 spiro atoms. The van der Waals surface area contributed by atoms with Crippen molar-refractivity contribution in [3.63, 3.8) is 0 Å². The third kappa shape index (κ3) is 5.34. The van der Waals surface area contributed by atoms with E-state index < -0.39 is 0 Å². The lowest BCUT2D eigenvalue weighted by Gasteiger charge is -2.38. The van der Waals surface area contributed by atoms with Crippen LogP contribution in [0.15, 0.2) is 36.4 Å². The van der Waals surface area contributed by atoms with E-state index in [9.17, 15) is 9.59 Å². The number of likely N-dealkylation sites (tertiary alicyclic amines) is 2. The van der Waals surface area contributed by atoms with Crippen LogP contribution in [0.25, 0.3) is 0 Å². The lowest BCUT2D eigenvalue weighted by molar-refractivity contribution is -0.127. The maximum atomic E-state index is 13.0. The second-order valence-electron chi connectivity index (χ2n) is 9.93. The minimum Gasteiger partial charge on any atom is -0.493 e. The quantitative estimate of drug-likeness (QED) is 0.488. The highest BCUT2D eigenvalue weighted by molar-refractivity contribution is 6.30. The highest BCUT2D eigenvalue weighted by atomic mass is 35.5. The molecular weight excluding hydrogens is 462 g/mol. The zero-order chi connectivity index (χ0) is 25.3. The average Bonchev–Trinajstić information content (AvgIpc) is 3.45. The molecule has 2 aliphatic heterocycles. The number of carbonyl (C=O) groups is 2. The molecule has 2 aromatic rings. The predicted octanol–water partition coefficient (Wildman–Crippen LogP) is 4.86. The van der Waals surface area contributed by atoms with E-state index in [4.69, 9.17) is 16.3 Å². The van der Waals surface area contributed by atoms with Crippen LogP contribution in [0, 0.1) is 13.8 Å². The average molecular weight is 498 g/mol. The fourth-order valence-electron chi connectivity index (χ4n) is 5.42. The number of fused-ring (bicyclic) bond motifs is 2.